The van der Waals surface area contributed by atoms with Gasteiger partial charge in [-0.3, -0.25) is 9.78 Å². The van der Waals surface area contributed by atoms with Crippen molar-refractivity contribution >= 4 is 28.6 Å². The van der Waals surface area contributed by atoms with E-state index in [4.69, 9.17) is 9.59 Å². The molecule has 0 aliphatic carbocycles. The summed E-state index contributed by atoms with van der Waals surface area (Å²) in [7, 11) is 0. The number of nitrogens with zero attached hydrogens (tertiary/aromatic N) is 2. The summed E-state index contributed by atoms with van der Waals surface area (Å²) in [5, 5.41) is 4.41. The van der Waals surface area contributed by atoms with Gasteiger partial charge in [0.15, 0.2) is 0 Å². The molecule has 29 heavy (non-hydrogen) atoms. The third-order valence-corrected chi connectivity index (χ3v) is 5.12. The van der Waals surface area contributed by atoms with E-state index in [1.807, 2.05) is 30.7 Å². The number of aryl methyl sites for hydroxylation is 1. The molecule has 1 fully saturated rings. The van der Waals surface area contributed by atoms with Gasteiger partial charge >= 0.3 is 6.15 Å². The normalized spacial score (nSPS) is 18.1. The number of nitrogens with one attached hydrogen (secondary N) is 2. The number of hydrogen-bond donors (Lipinski definition) is 2. The average Bonchev–Trinajstić information content (AvgIpc) is 3.28. The Labute approximate surface area is 169 Å². The van der Waals surface area contributed by atoms with Crippen LogP contribution in [0.4, 0.5) is 5.69 Å². The number of H-pyrrole nitrogens is 1. The van der Waals surface area contributed by atoms with Crippen LogP contribution in [0.3, 0.4) is 0 Å². The summed E-state index contributed by atoms with van der Waals surface area (Å²) >= 11 is 0. The molecule has 0 bridgehead atoms. The molecule has 1 amide bonds. The summed E-state index contributed by atoms with van der Waals surface area (Å²) in [5.41, 5.74) is 4.16. The molecule has 1 aliphatic rings. The van der Waals surface area contributed by atoms with Crippen molar-refractivity contribution in [3.63, 3.8) is 0 Å². The quantitative estimate of drug-likeness (QED) is 0.712. The highest BCUT2D eigenvalue weighted by Crippen LogP contribution is 2.26. The minimum atomic E-state index is -0.211. The van der Waals surface area contributed by atoms with E-state index in [2.05, 4.69) is 52.2 Å². The minimum absolute atomic E-state index is 0.0719. The van der Waals surface area contributed by atoms with Crippen LogP contribution in [-0.2, 0) is 20.8 Å². The van der Waals surface area contributed by atoms with E-state index in [1.165, 1.54) is 5.39 Å². The first-order valence-corrected chi connectivity index (χ1v) is 9.45. The number of anilines is 1. The van der Waals surface area contributed by atoms with Crippen LogP contribution in [0.15, 0.2) is 48.9 Å². The van der Waals surface area contributed by atoms with E-state index >= 15 is 0 Å². The molecule has 2 aromatic heterocycles. The lowest BCUT2D eigenvalue weighted by Gasteiger charge is -2.27. The molecule has 1 aromatic carbocycles. The minimum Gasteiger partial charge on any atom is -0.368 e. The van der Waals surface area contributed by atoms with Crippen LogP contribution in [0, 0.1) is 6.92 Å². The SMILES string of the molecule is Cc1cncc(N2CCC(C)(NC(=O)Cc3ccc4cc[nH]c4c3)C2)c1.O=C=O. The molecule has 0 spiro atoms. The maximum Gasteiger partial charge on any atom is 0.373 e. The number of pyridine rings is 1. The summed E-state index contributed by atoms with van der Waals surface area (Å²) in [6.45, 7) is 5.91. The number of fused-ring (bicyclic) bond motifs is 1. The standard InChI is InChI=1S/C21H24N4O.CO2/c1-15-9-18(13-22-12-15)25-8-6-21(2,14-25)24-20(26)11-16-3-4-17-5-7-23-19(17)10-16;2-1-3/h3-5,7,9-10,12-13,23H,6,8,11,14H2,1-2H3,(H,24,26);. The lowest BCUT2D eigenvalue weighted by molar-refractivity contribution is -0.191. The fourth-order valence-electron chi connectivity index (χ4n) is 3.77. The number of hydrogen-bond acceptors (Lipinski definition) is 5. The zero-order valence-corrected chi connectivity index (χ0v) is 16.6. The van der Waals surface area contributed by atoms with Crippen molar-refractivity contribution in [2.24, 2.45) is 0 Å². The van der Waals surface area contributed by atoms with Crippen LogP contribution in [0.25, 0.3) is 10.9 Å². The Bertz CT molecular complexity index is 1040. The van der Waals surface area contributed by atoms with Gasteiger partial charge in [0.2, 0.25) is 5.91 Å². The molecule has 3 heterocycles. The van der Waals surface area contributed by atoms with Gasteiger partial charge in [0, 0.05) is 31.0 Å². The molecule has 1 aliphatic heterocycles. The van der Waals surface area contributed by atoms with E-state index in [1.54, 1.807) is 0 Å². The summed E-state index contributed by atoms with van der Waals surface area (Å²) in [6, 6.07) is 10.3. The first-order valence-electron chi connectivity index (χ1n) is 9.45. The predicted molar refractivity (Wildman–Crippen MR) is 109 cm³/mol. The van der Waals surface area contributed by atoms with Gasteiger partial charge in [0.05, 0.1) is 23.8 Å². The van der Waals surface area contributed by atoms with Crippen LogP contribution in [-0.4, -0.2) is 40.7 Å². The van der Waals surface area contributed by atoms with E-state index < -0.39 is 0 Å². The first-order chi connectivity index (χ1) is 13.9. The zero-order chi connectivity index (χ0) is 20.9. The fourth-order valence-corrected chi connectivity index (χ4v) is 3.77. The molecule has 3 aromatic rings. The van der Waals surface area contributed by atoms with E-state index in [0.717, 1.165) is 41.8 Å². The van der Waals surface area contributed by atoms with Crippen LogP contribution in [0.1, 0.15) is 24.5 Å². The second-order valence-electron chi connectivity index (χ2n) is 7.66. The molecule has 4 rings (SSSR count). The largest absolute Gasteiger partial charge is 0.373 e. The van der Waals surface area contributed by atoms with Crippen molar-refractivity contribution in [1.82, 2.24) is 15.3 Å². The smallest absolute Gasteiger partial charge is 0.368 e. The van der Waals surface area contributed by atoms with Crippen molar-refractivity contribution in [1.29, 1.82) is 0 Å². The molecule has 0 radical (unpaired) electrons. The number of aromatic amines is 1. The van der Waals surface area contributed by atoms with Crippen LogP contribution < -0.4 is 10.2 Å². The zero-order valence-electron chi connectivity index (χ0n) is 16.6. The third kappa shape index (κ3) is 5.09. The second kappa shape index (κ2) is 8.71. The van der Waals surface area contributed by atoms with Crippen molar-refractivity contribution < 1.29 is 14.4 Å². The molecular formula is C22H24N4O3. The first kappa shape index (κ1) is 20.3. The molecule has 150 valence electrons. The number of benzene rings is 1. The van der Waals surface area contributed by atoms with Crippen molar-refractivity contribution in [3.8, 4) is 0 Å². The Morgan fingerprint density at radius 1 is 1.28 bits per heavy atom. The van der Waals surface area contributed by atoms with Gasteiger partial charge in [0.1, 0.15) is 0 Å². The lowest BCUT2D eigenvalue weighted by atomic mass is 10.0. The van der Waals surface area contributed by atoms with E-state index in [-0.39, 0.29) is 17.6 Å². The maximum absolute atomic E-state index is 12.6. The Balaban J connectivity index is 0.000000755. The summed E-state index contributed by atoms with van der Waals surface area (Å²) in [4.78, 5) is 38.6. The van der Waals surface area contributed by atoms with Gasteiger partial charge in [-0.1, -0.05) is 12.1 Å². The third-order valence-electron chi connectivity index (χ3n) is 5.12. The van der Waals surface area contributed by atoms with Crippen molar-refractivity contribution in [2.45, 2.75) is 32.2 Å². The molecule has 1 unspecified atom stereocenters. The number of carbonyl (C=O) groups excluding carboxylic acids is 3. The van der Waals surface area contributed by atoms with Gasteiger partial charge in [0.25, 0.3) is 0 Å². The Hall–Kier alpha value is -3.44. The Morgan fingerprint density at radius 2 is 2.07 bits per heavy atom. The summed E-state index contributed by atoms with van der Waals surface area (Å²) < 4.78 is 0. The molecule has 0 saturated carbocycles. The fraction of sp³-hybridized carbons (Fsp3) is 0.318. The number of carbonyl (C=O) groups is 1. The van der Waals surface area contributed by atoms with Crippen LogP contribution in [0.5, 0.6) is 0 Å². The topological polar surface area (TPSA) is 95.2 Å². The summed E-state index contributed by atoms with van der Waals surface area (Å²) in [5.74, 6) is 0.0719. The number of rotatable bonds is 4. The molecule has 7 nitrogen and oxygen atoms in total. The molecule has 1 atom stereocenters. The molecule has 7 heteroatoms. The monoisotopic (exact) mass is 392 g/mol. The van der Waals surface area contributed by atoms with E-state index in [0.29, 0.717) is 6.42 Å². The second-order valence-corrected chi connectivity index (χ2v) is 7.66. The van der Waals surface area contributed by atoms with Crippen LogP contribution >= 0.6 is 0 Å². The van der Waals surface area contributed by atoms with Gasteiger partial charge in [-0.05, 0) is 55.0 Å². The van der Waals surface area contributed by atoms with Crippen LogP contribution in [0.2, 0.25) is 0 Å². The Kier molecular flexibility index (Phi) is 6.10. The average molecular weight is 392 g/mol. The van der Waals surface area contributed by atoms with Gasteiger partial charge in [-0.15, -0.1) is 0 Å². The predicted octanol–water partition coefficient (Wildman–Crippen LogP) is 2.62. The number of amides is 1. The molecular weight excluding hydrogens is 368 g/mol. The number of aromatic nitrogens is 2. The van der Waals surface area contributed by atoms with Gasteiger partial charge in [-0.2, -0.15) is 9.59 Å². The van der Waals surface area contributed by atoms with Gasteiger partial charge in [-0.25, -0.2) is 0 Å². The Morgan fingerprint density at radius 3 is 2.83 bits per heavy atom. The van der Waals surface area contributed by atoms with Crippen molar-refractivity contribution in [2.75, 3.05) is 18.0 Å². The molecule has 1 saturated heterocycles. The maximum atomic E-state index is 12.6. The van der Waals surface area contributed by atoms with E-state index in [9.17, 15) is 4.79 Å². The highest BCUT2D eigenvalue weighted by molar-refractivity contribution is 5.83. The highest BCUT2D eigenvalue weighted by atomic mass is 16.2. The highest BCUT2D eigenvalue weighted by Gasteiger charge is 2.35. The summed E-state index contributed by atoms with van der Waals surface area (Å²) in [6.07, 6.45) is 7.26. The van der Waals surface area contributed by atoms with Crippen molar-refractivity contribution in [3.05, 3.63) is 60.0 Å². The lowest BCUT2D eigenvalue weighted by Crippen LogP contribution is -2.48. The van der Waals surface area contributed by atoms with Gasteiger partial charge < -0.3 is 15.2 Å². The molecule has 2 N–H and O–H groups in total.